The molecule has 2 aromatic heterocycles. The second kappa shape index (κ2) is 4.73. The molecular weight excluding hydrogens is 321 g/mol. The molecule has 2 heterocycles. The Morgan fingerprint density at radius 3 is 2.50 bits per heavy atom. The Balaban J connectivity index is 2.39. The van der Waals surface area contributed by atoms with E-state index in [1.165, 1.54) is 6.20 Å². The molecule has 0 aliphatic carbocycles. The summed E-state index contributed by atoms with van der Waals surface area (Å²) in [7, 11) is 1.56. The third-order valence-corrected chi connectivity index (χ3v) is 4.50. The van der Waals surface area contributed by atoms with Crippen LogP contribution in [-0.4, -0.2) is 23.4 Å². The van der Waals surface area contributed by atoms with E-state index < -0.39 is 9.05 Å². The maximum Gasteiger partial charge on any atom is 0.263 e. The normalized spacial score (nSPS) is 11.9. The average molecular weight is 328 g/mol. The van der Waals surface area contributed by atoms with Crippen LogP contribution in [0.5, 0.6) is 0 Å². The zero-order valence-corrected chi connectivity index (χ0v) is 12.2. The van der Waals surface area contributed by atoms with E-state index >= 15 is 0 Å². The maximum absolute atomic E-state index is 11.5. The van der Waals surface area contributed by atoms with Gasteiger partial charge in [0.15, 0.2) is 5.82 Å². The molecule has 5 nitrogen and oxygen atoms in total. The van der Waals surface area contributed by atoms with Crippen molar-refractivity contribution >= 4 is 42.2 Å². The van der Waals surface area contributed by atoms with E-state index in [0.717, 1.165) is 0 Å². The molecule has 0 saturated heterocycles. The van der Waals surface area contributed by atoms with Crippen molar-refractivity contribution in [3.05, 3.63) is 41.8 Å². The number of fused-ring (bicyclic) bond motifs is 1. The van der Waals surface area contributed by atoms with Gasteiger partial charge in [-0.05, 0) is 18.2 Å². The maximum atomic E-state index is 11.5. The fraction of sp³-hybridized carbons (Fsp3) is 0. The quantitative estimate of drug-likeness (QED) is 0.733. The molecule has 0 saturated carbocycles. The Kier molecular flexibility index (Phi) is 3.16. The molecule has 3 aromatic rings. The van der Waals surface area contributed by atoms with Gasteiger partial charge in [0, 0.05) is 34.7 Å². The minimum absolute atomic E-state index is 0.00279. The van der Waals surface area contributed by atoms with Gasteiger partial charge in [-0.1, -0.05) is 11.6 Å². The predicted molar refractivity (Wildman–Crippen MR) is 77.4 cm³/mol. The van der Waals surface area contributed by atoms with Crippen LogP contribution in [0.2, 0.25) is 5.02 Å². The molecule has 8 heteroatoms. The molecule has 0 unspecified atom stereocenters. The first-order chi connectivity index (χ1) is 9.48. The largest absolute Gasteiger partial charge is 0.359 e. The van der Waals surface area contributed by atoms with Crippen molar-refractivity contribution < 1.29 is 8.42 Å². The summed E-state index contributed by atoms with van der Waals surface area (Å²) in [6.07, 6.45) is 4.50. The Hall–Kier alpha value is -1.63. The standard InChI is InChI=1S/C12H7Cl2N3O2S/c13-8-3-2-7-9(20(14,18)19)6-17-11(7)10(8)12-15-4-1-5-16-12/h1-6,17H. The average Bonchev–Trinajstić information content (AvgIpc) is 2.83. The number of hydrogen-bond donors (Lipinski definition) is 1. The Morgan fingerprint density at radius 2 is 1.85 bits per heavy atom. The van der Waals surface area contributed by atoms with E-state index in [9.17, 15) is 8.42 Å². The van der Waals surface area contributed by atoms with Crippen LogP contribution >= 0.6 is 22.3 Å². The molecule has 1 N–H and O–H groups in total. The summed E-state index contributed by atoms with van der Waals surface area (Å²) in [4.78, 5) is 11.1. The van der Waals surface area contributed by atoms with Gasteiger partial charge in [0.25, 0.3) is 9.05 Å². The van der Waals surface area contributed by atoms with Gasteiger partial charge < -0.3 is 4.98 Å². The van der Waals surface area contributed by atoms with Gasteiger partial charge in [-0.25, -0.2) is 18.4 Å². The van der Waals surface area contributed by atoms with Crippen molar-refractivity contribution in [3.63, 3.8) is 0 Å². The first-order valence-electron chi connectivity index (χ1n) is 5.50. The highest BCUT2D eigenvalue weighted by Gasteiger charge is 2.20. The molecular formula is C12H7Cl2N3O2S. The number of H-pyrrole nitrogens is 1. The summed E-state index contributed by atoms with van der Waals surface area (Å²) >= 11 is 6.18. The van der Waals surface area contributed by atoms with Crippen LogP contribution < -0.4 is 0 Å². The summed E-state index contributed by atoms with van der Waals surface area (Å²) in [6.45, 7) is 0. The molecule has 1 aromatic carbocycles. The number of nitrogens with zero attached hydrogens (tertiary/aromatic N) is 2. The fourth-order valence-electron chi connectivity index (χ4n) is 2.00. The van der Waals surface area contributed by atoms with Gasteiger partial charge in [-0.3, -0.25) is 0 Å². The molecule has 0 fully saturated rings. The van der Waals surface area contributed by atoms with Gasteiger partial charge in [0.2, 0.25) is 0 Å². The number of rotatable bonds is 2. The molecule has 0 aliphatic rings. The van der Waals surface area contributed by atoms with Crippen LogP contribution in [0.4, 0.5) is 0 Å². The Morgan fingerprint density at radius 1 is 1.15 bits per heavy atom. The summed E-state index contributed by atoms with van der Waals surface area (Å²) in [5.41, 5.74) is 1.07. The van der Waals surface area contributed by atoms with Crippen LogP contribution in [0.25, 0.3) is 22.3 Å². The van der Waals surface area contributed by atoms with Crippen molar-refractivity contribution in [2.75, 3.05) is 0 Å². The van der Waals surface area contributed by atoms with Crippen molar-refractivity contribution in [1.82, 2.24) is 15.0 Å². The highest BCUT2D eigenvalue weighted by atomic mass is 35.7. The molecule has 0 bridgehead atoms. The predicted octanol–water partition coefficient (Wildman–Crippen LogP) is 3.21. The van der Waals surface area contributed by atoms with E-state index in [2.05, 4.69) is 15.0 Å². The zero-order valence-electron chi connectivity index (χ0n) is 9.84. The number of aromatic nitrogens is 3. The summed E-state index contributed by atoms with van der Waals surface area (Å²) in [5, 5.41) is 0.871. The molecule has 102 valence electrons. The number of halogens is 2. The molecule has 0 aliphatic heterocycles. The lowest BCUT2D eigenvalue weighted by atomic mass is 10.1. The van der Waals surface area contributed by atoms with Crippen LogP contribution in [0.3, 0.4) is 0 Å². The molecule has 20 heavy (non-hydrogen) atoms. The van der Waals surface area contributed by atoms with E-state index in [1.54, 1.807) is 30.6 Å². The first kappa shape index (κ1) is 13.4. The van der Waals surface area contributed by atoms with Crippen LogP contribution in [0.1, 0.15) is 0 Å². The first-order valence-corrected chi connectivity index (χ1v) is 8.19. The van der Waals surface area contributed by atoms with Crippen molar-refractivity contribution in [2.24, 2.45) is 0 Å². The van der Waals surface area contributed by atoms with Gasteiger partial charge in [-0.2, -0.15) is 0 Å². The highest BCUT2D eigenvalue weighted by molar-refractivity contribution is 8.14. The lowest BCUT2D eigenvalue weighted by Gasteiger charge is -2.04. The fourth-order valence-corrected chi connectivity index (χ4v) is 3.25. The Labute approximate surface area is 124 Å². The number of benzene rings is 1. The summed E-state index contributed by atoms with van der Waals surface area (Å²) < 4.78 is 23.0. The second-order valence-corrected chi connectivity index (χ2v) is 6.95. The lowest BCUT2D eigenvalue weighted by Crippen LogP contribution is -1.91. The van der Waals surface area contributed by atoms with Gasteiger partial charge in [0.1, 0.15) is 4.90 Å². The molecule has 3 rings (SSSR count). The second-order valence-electron chi connectivity index (χ2n) is 4.01. The SMILES string of the molecule is O=S(=O)(Cl)c1c[nH]c2c(-c3ncccn3)c(Cl)ccc12. The molecule has 0 amide bonds. The number of nitrogens with one attached hydrogen (secondary N) is 1. The van der Waals surface area contributed by atoms with Gasteiger partial charge in [-0.15, -0.1) is 0 Å². The minimum atomic E-state index is -3.84. The van der Waals surface area contributed by atoms with E-state index in [-0.39, 0.29) is 4.90 Å². The third kappa shape index (κ3) is 2.15. The van der Waals surface area contributed by atoms with E-state index in [1.807, 2.05) is 0 Å². The third-order valence-electron chi connectivity index (χ3n) is 2.82. The topological polar surface area (TPSA) is 75.7 Å². The minimum Gasteiger partial charge on any atom is -0.359 e. The van der Waals surface area contributed by atoms with Crippen LogP contribution in [0.15, 0.2) is 41.7 Å². The zero-order chi connectivity index (χ0) is 14.3. The Bertz CT molecular complexity index is 892. The van der Waals surface area contributed by atoms with Crippen LogP contribution in [-0.2, 0) is 9.05 Å². The highest BCUT2D eigenvalue weighted by Crippen LogP contribution is 2.36. The number of aromatic amines is 1. The van der Waals surface area contributed by atoms with Crippen molar-refractivity contribution in [2.45, 2.75) is 4.90 Å². The lowest BCUT2D eigenvalue weighted by molar-refractivity contribution is 0.610. The monoisotopic (exact) mass is 327 g/mol. The smallest absolute Gasteiger partial charge is 0.263 e. The molecule has 0 atom stereocenters. The summed E-state index contributed by atoms with van der Waals surface area (Å²) in [5.74, 6) is 0.406. The van der Waals surface area contributed by atoms with E-state index in [4.69, 9.17) is 22.3 Å². The van der Waals surface area contributed by atoms with Crippen molar-refractivity contribution in [1.29, 1.82) is 0 Å². The molecule has 0 spiro atoms. The molecule has 0 radical (unpaired) electrons. The van der Waals surface area contributed by atoms with E-state index in [0.29, 0.717) is 27.3 Å². The number of hydrogen-bond acceptors (Lipinski definition) is 4. The van der Waals surface area contributed by atoms with Gasteiger partial charge >= 0.3 is 0 Å². The summed E-state index contributed by atoms with van der Waals surface area (Å²) in [6, 6.07) is 4.87. The van der Waals surface area contributed by atoms with Crippen LogP contribution in [0, 0.1) is 0 Å². The van der Waals surface area contributed by atoms with Gasteiger partial charge in [0.05, 0.1) is 16.1 Å². The van der Waals surface area contributed by atoms with Crippen molar-refractivity contribution in [3.8, 4) is 11.4 Å².